The first kappa shape index (κ1) is 21.8. The molecule has 5 nitrogen and oxygen atoms in total. The van der Waals surface area contributed by atoms with Crippen LogP contribution in [-0.2, 0) is 4.79 Å². The lowest BCUT2D eigenvalue weighted by molar-refractivity contribution is -0.120. The Bertz CT molecular complexity index is 693. The van der Waals surface area contributed by atoms with Gasteiger partial charge in [0.25, 0.3) is 5.91 Å². The van der Waals surface area contributed by atoms with Gasteiger partial charge in [0.2, 0.25) is 5.91 Å². The lowest BCUT2D eigenvalue weighted by Crippen LogP contribution is -2.36. The van der Waals surface area contributed by atoms with Crippen molar-refractivity contribution in [3.05, 3.63) is 29.8 Å². The van der Waals surface area contributed by atoms with Crippen LogP contribution in [0.25, 0.3) is 0 Å². The minimum atomic E-state index is -0.0310. The van der Waals surface area contributed by atoms with E-state index in [1.807, 2.05) is 12.1 Å². The number of rotatable bonds is 6. The summed E-state index contributed by atoms with van der Waals surface area (Å²) in [6.45, 7) is 0. The molecular formula is C23H33N3O2S. The van der Waals surface area contributed by atoms with Gasteiger partial charge in [-0.05, 0) is 61.7 Å². The minimum Gasteiger partial charge on any atom is -0.349 e. The van der Waals surface area contributed by atoms with Crippen molar-refractivity contribution < 1.29 is 9.59 Å². The Hall–Kier alpha value is -1.95. The number of thiocarbonyl (C=S) groups is 1. The normalized spacial score (nSPS) is 18.1. The van der Waals surface area contributed by atoms with Gasteiger partial charge in [-0.3, -0.25) is 9.59 Å². The molecule has 2 fully saturated rings. The summed E-state index contributed by atoms with van der Waals surface area (Å²) in [5.41, 5.74) is 1.40. The first-order chi connectivity index (χ1) is 14.1. The Kier molecular flexibility index (Phi) is 8.47. The summed E-state index contributed by atoms with van der Waals surface area (Å²) in [7, 11) is 0. The van der Waals surface area contributed by atoms with Crippen molar-refractivity contribution in [2.75, 3.05) is 5.32 Å². The van der Waals surface area contributed by atoms with E-state index in [9.17, 15) is 9.59 Å². The van der Waals surface area contributed by atoms with Gasteiger partial charge in [0.1, 0.15) is 0 Å². The second-order valence-electron chi connectivity index (χ2n) is 8.43. The molecule has 2 saturated carbocycles. The maximum absolute atomic E-state index is 12.4. The quantitative estimate of drug-likeness (QED) is 0.577. The molecule has 2 aliphatic carbocycles. The fourth-order valence-corrected chi connectivity index (χ4v) is 4.61. The van der Waals surface area contributed by atoms with E-state index in [0.717, 1.165) is 24.9 Å². The Labute approximate surface area is 179 Å². The molecule has 1 aromatic rings. The minimum absolute atomic E-state index is 0.0259. The lowest BCUT2D eigenvalue weighted by Gasteiger charge is -2.22. The first-order valence-electron chi connectivity index (χ1n) is 11.1. The second kappa shape index (κ2) is 11.3. The molecule has 6 heteroatoms. The van der Waals surface area contributed by atoms with Crippen LogP contribution in [0.1, 0.15) is 87.4 Å². The van der Waals surface area contributed by atoms with Crippen LogP contribution in [0.15, 0.2) is 24.3 Å². The van der Waals surface area contributed by atoms with Gasteiger partial charge in [-0.2, -0.15) is 0 Å². The molecule has 0 atom stereocenters. The van der Waals surface area contributed by atoms with Gasteiger partial charge < -0.3 is 16.0 Å². The van der Waals surface area contributed by atoms with E-state index < -0.39 is 0 Å². The summed E-state index contributed by atoms with van der Waals surface area (Å²) >= 11 is 5.25. The van der Waals surface area contributed by atoms with Crippen molar-refractivity contribution in [2.45, 2.75) is 83.1 Å². The number of nitrogens with one attached hydrogen (secondary N) is 3. The van der Waals surface area contributed by atoms with Crippen LogP contribution < -0.4 is 16.0 Å². The monoisotopic (exact) mass is 415 g/mol. The third-order valence-electron chi connectivity index (χ3n) is 6.10. The summed E-state index contributed by atoms with van der Waals surface area (Å²) in [5.74, 6) is 0.627. The van der Waals surface area contributed by atoms with E-state index in [1.165, 1.54) is 51.4 Å². The number of carbonyl (C=O) groups is 2. The molecule has 1 aromatic carbocycles. The van der Waals surface area contributed by atoms with Gasteiger partial charge in [0.15, 0.2) is 5.11 Å². The van der Waals surface area contributed by atoms with Crippen molar-refractivity contribution in [3.63, 3.8) is 0 Å². The summed E-state index contributed by atoms with van der Waals surface area (Å²) in [4.78, 5) is 24.5. The van der Waals surface area contributed by atoms with Gasteiger partial charge in [-0.25, -0.2) is 0 Å². The van der Waals surface area contributed by atoms with Crippen molar-refractivity contribution in [1.29, 1.82) is 0 Å². The highest BCUT2D eigenvalue weighted by atomic mass is 32.1. The first-order valence-corrected chi connectivity index (χ1v) is 11.5. The van der Waals surface area contributed by atoms with Gasteiger partial charge in [0.05, 0.1) is 0 Å². The number of hydrogen-bond donors (Lipinski definition) is 3. The highest BCUT2D eigenvalue weighted by Crippen LogP contribution is 2.27. The molecule has 0 heterocycles. The number of amides is 2. The standard InChI is InChI=1S/C23H33N3O2S/c27-21(16-11-17-7-3-1-4-8-17)26-23(29)25-20-14-12-18(13-15-20)22(28)24-19-9-5-2-6-10-19/h12-15,17,19H,1-11,16H2,(H,24,28)(H2,25,26,27,29). The summed E-state index contributed by atoms with van der Waals surface area (Å²) in [5, 5.41) is 9.21. The Morgan fingerprint density at radius 2 is 1.52 bits per heavy atom. The Morgan fingerprint density at radius 3 is 2.17 bits per heavy atom. The molecular weight excluding hydrogens is 382 g/mol. The van der Waals surface area contributed by atoms with Crippen LogP contribution in [0.2, 0.25) is 0 Å². The molecule has 2 amide bonds. The number of hydrogen-bond acceptors (Lipinski definition) is 3. The van der Waals surface area contributed by atoms with Gasteiger partial charge in [-0.1, -0.05) is 51.4 Å². The fourth-order valence-electron chi connectivity index (χ4n) is 4.38. The maximum atomic E-state index is 12.4. The molecule has 0 spiro atoms. The summed E-state index contributed by atoms with van der Waals surface area (Å²) in [6.07, 6.45) is 13.7. The molecule has 0 aromatic heterocycles. The average Bonchev–Trinajstić information content (AvgIpc) is 2.74. The van der Waals surface area contributed by atoms with Gasteiger partial charge in [0, 0.05) is 23.7 Å². The third-order valence-corrected chi connectivity index (χ3v) is 6.31. The number of anilines is 1. The molecule has 3 N–H and O–H groups in total. The lowest BCUT2D eigenvalue weighted by atomic mass is 9.86. The fraction of sp³-hybridized carbons (Fsp3) is 0.609. The number of carbonyl (C=O) groups excluding carboxylic acids is 2. The van der Waals surface area contributed by atoms with Crippen LogP contribution in [0, 0.1) is 5.92 Å². The van der Waals surface area contributed by atoms with Crippen molar-refractivity contribution in [2.24, 2.45) is 5.92 Å². The van der Waals surface area contributed by atoms with Crippen molar-refractivity contribution in [3.8, 4) is 0 Å². The zero-order valence-electron chi connectivity index (χ0n) is 17.2. The Balaban J connectivity index is 1.39. The van der Waals surface area contributed by atoms with E-state index in [2.05, 4.69) is 16.0 Å². The highest BCUT2D eigenvalue weighted by molar-refractivity contribution is 7.80. The van der Waals surface area contributed by atoms with Crippen molar-refractivity contribution in [1.82, 2.24) is 10.6 Å². The van der Waals surface area contributed by atoms with Crippen LogP contribution in [0.5, 0.6) is 0 Å². The average molecular weight is 416 g/mol. The van der Waals surface area contributed by atoms with Crippen LogP contribution in [0.4, 0.5) is 5.69 Å². The molecule has 158 valence electrons. The van der Waals surface area contributed by atoms with Crippen molar-refractivity contribution >= 4 is 34.8 Å². The molecule has 0 aliphatic heterocycles. The largest absolute Gasteiger partial charge is 0.349 e. The zero-order valence-corrected chi connectivity index (χ0v) is 18.0. The predicted octanol–water partition coefficient (Wildman–Crippen LogP) is 4.92. The van der Waals surface area contributed by atoms with Crippen LogP contribution >= 0.6 is 12.2 Å². The van der Waals surface area contributed by atoms with Gasteiger partial charge >= 0.3 is 0 Å². The molecule has 0 radical (unpaired) electrons. The van der Waals surface area contributed by atoms with Crippen LogP contribution in [-0.4, -0.2) is 23.0 Å². The predicted molar refractivity (Wildman–Crippen MR) is 121 cm³/mol. The molecule has 0 bridgehead atoms. The molecule has 0 unspecified atom stereocenters. The van der Waals surface area contributed by atoms with E-state index in [4.69, 9.17) is 12.2 Å². The third kappa shape index (κ3) is 7.42. The SMILES string of the molecule is O=C(CCC1CCCCC1)NC(=S)Nc1ccc(C(=O)NC2CCCCC2)cc1. The van der Waals surface area contributed by atoms with Crippen LogP contribution in [0.3, 0.4) is 0 Å². The molecule has 0 saturated heterocycles. The topological polar surface area (TPSA) is 70.2 Å². The summed E-state index contributed by atoms with van der Waals surface area (Å²) in [6, 6.07) is 7.50. The molecule has 2 aliphatic rings. The van der Waals surface area contributed by atoms with E-state index in [0.29, 0.717) is 29.1 Å². The maximum Gasteiger partial charge on any atom is 0.251 e. The zero-order chi connectivity index (χ0) is 20.5. The van der Waals surface area contributed by atoms with Gasteiger partial charge in [-0.15, -0.1) is 0 Å². The summed E-state index contributed by atoms with van der Waals surface area (Å²) < 4.78 is 0. The van der Waals surface area contributed by atoms with E-state index in [-0.39, 0.29) is 11.8 Å². The van der Waals surface area contributed by atoms with E-state index in [1.54, 1.807) is 12.1 Å². The smallest absolute Gasteiger partial charge is 0.251 e. The second-order valence-corrected chi connectivity index (χ2v) is 8.84. The molecule has 29 heavy (non-hydrogen) atoms. The Morgan fingerprint density at radius 1 is 0.897 bits per heavy atom. The van der Waals surface area contributed by atoms with E-state index >= 15 is 0 Å². The highest BCUT2D eigenvalue weighted by Gasteiger charge is 2.17. The number of benzene rings is 1. The molecule has 3 rings (SSSR count).